The summed E-state index contributed by atoms with van der Waals surface area (Å²) in [6, 6.07) is 0. The van der Waals surface area contributed by atoms with Gasteiger partial charge in [0.05, 0.1) is 12.0 Å². The number of aliphatic hydroxyl groups excluding tert-OH is 1. The van der Waals surface area contributed by atoms with Crippen LogP contribution in [0.5, 0.6) is 0 Å². The van der Waals surface area contributed by atoms with Crippen LogP contribution in [0.15, 0.2) is 12.2 Å². The molecule has 0 amide bonds. The van der Waals surface area contributed by atoms with Crippen LogP contribution < -0.4 is 0 Å². The molecule has 0 aromatic rings. The second-order valence-electron chi connectivity index (χ2n) is 3.49. The van der Waals surface area contributed by atoms with Gasteiger partial charge in [0.2, 0.25) is 0 Å². The zero-order valence-electron chi connectivity index (χ0n) is 6.82. The second kappa shape index (κ2) is 2.59. The van der Waals surface area contributed by atoms with Crippen LogP contribution in [0, 0.1) is 5.92 Å². The fourth-order valence-electron chi connectivity index (χ4n) is 2.07. The second-order valence-corrected chi connectivity index (χ2v) is 3.49. The third kappa shape index (κ3) is 0.966. The van der Waals surface area contributed by atoms with Gasteiger partial charge in [0, 0.05) is 5.57 Å². The van der Waals surface area contributed by atoms with Gasteiger partial charge in [-0.3, -0.25) is 0 Å². The average Bonchev–Trinajstić information content (AvgIpc) is 2.29. The van der Waals surface area contributed by atoms with Crippen molar-refractivity contribution >= 4 is 5.97 Å². The number of fused-ring (bicyclic) bond motifs is 1. The Morgan fingerprint density at radius 3 is 2.92 bits per heavy atom. The van der Waals surface area contributed by atoms with Crippen molar-refractivity contribution in [2.45, 2.75) is 31.5 Å². The van der Waals surface area contributed by atoms with Gasteiger partial charge in [0.25, 0.3) is 0 Å². The van der Waals surface area contributed by atoms with Crippen LogP contribution in [0.25, 0.3) is 0 Å². The average molecular weight is 168 g/mol. The zero-order chi connectivity index (χ0) is 8.72. The number of rotatable bonds is 0. The van der Waals surface area contributed by atoms with Crippen LogP contribution in [0.3, 0.4) is 0 Å². The predicted octanol–water partition coefficient (Wildman–Crippen LogP) is 0.629. The van der Waals surface area contributed by atoms with E-state index in [2.05, 4.69) is 6.58 Å². The lowest BCUT2D eigenvalue weighted by atomic mass is 9.81. The number of carbonyl (C=O) groups excluding carboxylic acids is 1. The first-order chi connectivity index (χ1) is 5.70. The van der Waals surface area contributed by atoms with Crippen molar-refractivity contribution in [1.29, 1.82) is 0 Å². The summed E-state index contributed by atoms with van der Waals surface area (Å²) < 4.78 is 5.05. The van der Waals surface area contributed by atoms with Crippen LogP contribution in [0.1, 0.15) is 19.3 Å². The molecule has 1 aliphatic carbocycles. The molecule has 3 nitrogen and oxygen atoms in total. The van der Waals surface area contributed by atoms with E-state index in [1.54, 1.807) is 0 Å². The van der Waals surface area contributed by atoms with Crippen LogP contribution in [0.4, 0.5) is 0 Å². The number of hydrogen-bond donors (Lipinski definition) is 1. The third-order valence-electron chi connectivity index (χ3n) is 2.73. The summed E-state index contributed by atoms with van der Waals surface area (Å²) in [6.07, 6.45) is 2.03. The normalized spacial score (nSPS) is 40.9. The van der Waals surface area contributed by atoms with Crippen LogP contribution in [-0.4, -0.2) is 23.3 Å². The molecule has 1 heterocycles. The summed E-state index contributed by atoms with van der Waals surface area (Å²) in [7, 11) is 0. The summed E-state index contributed by atoms with van der Waals surface area (Å²) in [4.78, 5) is 11.1. The van der Waals surface area contributed by atoms with Gasteiger partial charge in [-0.05, 0) is 19.3 Å². The van der Waals surface area contributed by atoms with Gasteiger partial charge in [-0.15, -0.1) is 0 Å². The molecule has 12 heavy (non-hydrogen) atoms. The Morgan fingerprint density at radius 1 is 1.50 bits per heavy atom. The highest BCUT2D eigenvalue weighted by Gasteiger charge is 2.44. The quantitative estimate of drug-likeness (QED) is 0.426. The molecule has 2 rings (SSSR count). The molecule has 1 saturated carbocycles. The van der Waals surface area contributed by atoms with Crippen LogP contribution >= 0.6 is 0 Å². The minimum Gasteiger partial charge on any atom is -0.458 e. The largest absolute Gasteiger partial charge is 0.458 e. The van der Waals surface area contributed by atoms with E-state index in [0.29, 0.717) is 5.57 Å². The van der Waals surface area contributed by atoms with Crippen molar-refractivity contribution in [3.8, 4) is 0 Å². The van der Waals surface area contributed by atoms with Crippen molar-refractivity contribution in [3.05, 3.63) is 12.2 Å². The van der Waals surface area contributed by atoms with E-state index < -0.39 is 6.10 Å². The molecule has 0 unspecified atom stereocenters. The van der Waals surface area contributed by atoms with E-state index in [9.17, 15) is 9.90 Å². The molecule has 0 aromatic carbocycles. The molecule has 2 fully saturated rings. The molecule has 1 saturated heterocycles. The summed E-state index contributed by atoms with van der Waals surface area (Å²) in [5.41, 5.74) is 0.451. The topological polar surface area (TPSA) is 46.5 Å². The highest BCUT2D eigenvalue weighted by molar-refractivity contribution is 5.91. The predicted molar refractivity (Wildman–Crippen MR) is 42.4 cm³/mol. The number of esters is 1. The molecule has 0 aromatic heterocycles. The van der Waals surface area contributed by atoms with Crippen molar-refractivity contribution < 1.29 is 14.6 Å². The fourth-order valence-corrected chi connectivity index (χ4v) is 2.07. The van der Waals surface area contributed by atoms with Crippen molar-refractivity contribution in [2.24, 2.45) is 5.92 Å². The van der Waals surface area contributed by atoms with Crippen molar-refractivity contribution in [1.82, 2.24) is 0 Å². The first-order valence-corrected chi connectivity index (χ1v) is 4.28. The first kappa shape index (κ1) is 7.80. The van der Waals surface area contributed by atoms with E-state index in [1.165, 1.54) is 0 Å². The van der Waals surface area contributed by atoms with Gasteiger partial charge in [-0.2, -0.15) is 0 Å². The molecule has 1 aliphatic heterocycles. The standard InChI is InChI=1S/C9H12O3/c1-5-8-6(10)3-2-4-7(8)12-9(5)11/h6-8,10H,1-4H2/t6-,7+,8-/m1/s1. The summed E-state index contributed by atoms with van der Waals surface area (Å²) >= 11 is 0. The van der Waals surface area contributed by atoms with Gasteiger partial charge in [-0.1, -0.05) is 6.58 Å². The van der Waals surface area contributed by atoms with Crippen LogP contribution in [-0.2, 0) is 9.53 Å². The number of carbonyl (C=O) groups is 1. The van der Waals surface area contributed by atoms with Gasteiger partial charge in [0.15, 0.2) is 0 Å². The number of ether oxygens (including phenoxy) is 1. The Labute approximate surface area is 71.0 Å². The number of aliphatic hydroxyl groups is 1. The first-order valence-electron chi connectivity index (χ1n) is 4.28. The molecule has 0 spiro atoms. The maximum atomic E-state index is 11.1. The lowest BCUT2D eigenvalue weighted by molar-refractivity contribution is -0.140. The Balaban J connectivity index is 2.23. The van der Waals surface area contributed by atoms with E-state index in [0.717, 1.165) is 19.3 Å². The zero-order valence-corrected chi connectivity index (χ0v) is 6.82. The van der Waals surface area contributed by atoms with E-state index in [1.807, 2.05) is 0 Å². The molecule has 3 heteroatoms. The third-order valence-corrected chi connectivity index (χ3v) is 2.73. The summed E-state index contributed by atoms with van der Waals surface area (Å²) in [5, 5.41) is 9.57. The van der Waals surface area contributed by atoms with E-state index in [-0.39, 0.29) is 18.0 Å². The van der Waals surface area contributed by atoms with E-state index in [4.69, 9.17) is 4.74 Å². The molecular formula is C9H12O3. The van der Waals surface area contributed by atoms with E-state index >= 15 is 0 Å². The smallest absolute Gasteiger partial charge is 0.334 e. The van der Waals surface area contributed by atoms with Gasteiger partial charge in [0.1, 0.15) is 6.10 Å². The fraction of sp³-hybridized carbons (Fsp3) is 0.667. The highest BCUT2D eigenvalue weighted by Crippen LogP contribution is 2.37. The van der Waals surface area contributed by atoms with Crippen LogP contribution in [0.2, 0.25) is 0 Å². The molecule has 66 valence electrons. The minimum absolute atomic E-state index is 0.103. The maximum Gasteiger partial charge on any atom is 0.334 e. The minimum atomic E-state index is -0.428. The molecule has 3 atom stereocenters. The SMILES string of the molecule is C=C1C(=O)O[C@H]2CCC[C@@H](O)[C@@H]12. The lowest BCUT2D eigenvalue weighted by Crippen LogP contribution is -2.33. The maximum absolute atomic E-state index is 11.1. The Morgan fingerprint density at radius 2 is 2.25 bits per heavy atom. The van der Waals surface area contributed by atoms with Gasteiger partial charge < -0.3 is 9.84 Å². The highest BCUT2D eigenvalue weighted by atomic mass is 16.6. The molecule has 0 bridgehead atoms. The van der Waals surface area contributed by atoms with Gasteiger partial charge in [-0.25, -0.2) is 4.79 Å². The molecule has 2 aliphatic rings. The summed E-state index contributed by atoms with van der Waals surface area (Å²) in [6.45, 7) is 3.64. The Kier molecular flexibility index (Phi) is 1.68. The van der Waals surface area contributed by atoms with Crippen molar-refractivity contribution in [3.63, 3.8) is 0 Å². The molecular weight excluding hydrogens is 156 g/mol. The Hall–Kier alpha value is -0.830. The van der Waals surface area contributed by atoms with Crippen molar-refractivity contribution in [2.75, 3.05) is 0 Å². The number of hydrogen-bond acceptors (Lipinski definition) is 3. The lowest BCUT2D eigenvalue weighted by Gasteiger charge is -2.27. The van der Waals surface area contributed by atoms with Gasteiger partial charge >= 0.3 is 5.97 Å². The Bertz CT molecular complexity index is 234. The molecule has 0 radical (unpaired) electrons. The molecule has 1 N–H and O–H groups in total. The summed E-state index contributed by atoms with van der Waals surface area (Å²) in [5.74, 6) is -0.461. The monoisotopic (exact) mass is 168 g/mol.